The van der Waals surface area contributed by atoms with Gasteiger partial charge >= 0.3 is 0 Å². The van der Waals surface area contributed by atoms with Crippen LogP contribution in [-0.4, -0.2) is 23.4 Å². The molecule has 18 heavy (non-hydrogen) atoms. The average molecular weight is 249 g/mol. The van der Waals surface area contributed by atoms with Gasteiger partial charge in [0.25, 0.3) is 0 Å². The zero-order chi connectivity index (χ0) is 13.4. The van der Waals surface area contributed by atoms with E-state index in [-0.39, 0.29) is 5.82 Å². The largest absolute Gasteiger partial charge is 0.495 e. The quantitative estimate of drug-likeness (QED) is 0.647. The van der Waals surface area contributed by atoms with Gasteiger partial charge in [-0.2, -0.15) is 4.39 Å². The molecule has 2 rings (SSSR count). The summed E-state index contributed by atoms with van der Waals surface area (Å²) in [4.78, 5) is 17.2. The Labute approximate surface area is 103 Å². The molecule has 2 aromatic rings. The maximum absolute atomic E-state index is 12.0. The molecule has 2 heterocycles. The topological polar surface area (TPSA) is 78.1 Å². The molecule has 0 aliphatic carbocycles. The summed E-state index contributed by atoms with van der Waals surface area (Å²) in [6, 6.07) is 5.91. The lowest BCUT2D eigenvalue weighted by atomic mass is 10.3. The van der Waals surface area contributed by atoms with Crippen LogP contribution in [-0.2, 0) is 0 Å². The van der Waals surface area contributed by atoms with E-state index < -0.39 is 5.95 Å². The van der Waals surface area contributed by atoms with Gasteiger partial charge in [0, 0.05) is 11.8 Å². The van der Waals surface area contributed by atoms with Crippen molar-refractivity contribution < 1.29 is 13.9 Å². The predicted octanol–water partition coefficient (Wildman–Crippen LogP) is 1.71. The lowest BCUT2D eigenvalue weighted by molar-refractivity contribution is 0.112. The number of aromatic nitrogens is 2. The van der Waals surface area contributed by atoms with Crippen LogP contribution < -0.4 is 10.5 Å². The van der Waals surface area contributed by atoms with E-state index in [0.29, 0.717) is 11.3 Å². The number of hydrogen-bond donors (Lipinski definition) is 1. The summed E-state index contributed by atoms with van der Waals surface area (Å²) in [5.74, 6) is 0.277. The summed E-state index contributed by atoms with van der Waals surface area (Å²) in [7, 11) is 1.53. The summed E-state index contributed by atoms with van der Waals surface area (Å²) < 4.78 is 16.8. The van der Waals surface area contributed by atoms with Gasteiger partial charge in [-0.15, -0.1) is 0 Å². The first-order chi connectivity index (χ1) is 8.65. The van der Waals surface area contributed by atoms with Gasteiger partial charge in [-0.05, 0) is 18.2 Å². The van der Waals surface area contributed by atoms with E-state index in [2.05, 4.69) is 9.97 Å². The van der Waals surface area contributed by atoms with Gasteiger partial charge < -0.3 is 10.5 Å². The van der Waals surface area contributed by atoms with Crippen LogP contribution in [0.25, 0.3) is 0 Å². The summed E-state index contributed by atoms with van der Waals surface area (Å²) in [5, 5.41) is 0. The van der Waals surface area contributed by atoms with Gasteiger partial charge in [-0.25, -0.2) is 4.98 Å². The van der Waals surface area contributed by atoms with E-state index in [1.165, 1.54) is 31.5 Å². The Morgan fingerprint density at radius 2 is 2.17 bits per heavy atom. The molecule has 0 radical (unpaired) electrons. The van der Waals surface area contributed by atoms with Crippen molar-refractivity contribution in [2.75, 3.05) is 12.8 Å². The Bertz CT molecular complexity index is 503. The molecule has 0 unspecified atom stereocenters. The molecular formula is C12H12FN3O2. The highest BCUT2D eigenvalue weighted by molar-refractivity contribution is 5.74. The van der Waals surface area contributed by atoms with Crippen molar-refractivity contribution in [2.24, 2.45) is 0 Å². The Morgan fingerprint density at radius 3 is 2.67 bits per heavy atom. The number of carbonyl (C=O) groups is 1. The van der Waals surface area contributed by atoms with Crippen LogP contribution in [0.3, 0.4) is 0 Å². The van der Waals surface area contributed by atoms with E-state index in [1.54, 1.807) is 12.3 Å². The monoisotopic (exact) mass is 249 g/mol. The van der Waals surface area contributed by atoms with Gasteiger partial charge in [0.2, 0.25) is 5.95 Å². The van der Waals surface area contributed by atoms with E-state index in [1.807, 2.05) is 0 Å². The Morgan fingerprint density at radius 1 is 1.39 bits per heavy atom. The third-order valence-electron chi connectivity index (χ3n) is 1.84. The van der Waals surface area contributed by atoms with Crippen LogP contribution in [0.4, 0.5) is 10.2 Å². The van der Waals surface area contributed by atoms with Crippen LogP contribution >= 0.6 is 0 Å². The fourth-order valence-electron chi connectivity index (χ4n) is 1.04. The number of aldehydes is 1. The normalized spacial score (nSPS) is 9.00. The van der Waals surface area contributed by atoms with Crippen LogP contribution in [0.2, 0.25) is 0 Å². The molecule has 0 aliphatic heterocycles. The summed E-state index contributed by atoms with van der Waals surface area (Å²) in [6.07, 6.45) is 3.76. The molecule has 0 aromatic carbocycles. The highest BCUT2D eigenvalue weighted by atomic mass is 19.1. The van der Waals surface area contributed by atoms with Crippen LogP contribution in [0.15, 0.2) is 36.7 Å². The van der Waals surface area contributed by atoms with Gasteiger partial charge in [0.05, 0.1) is 13.3 Å². The molecular weight excluding hydrogens is 237 g/mol. The van der Waals surface area contributed by atoms with Crippen molar-refractivity contribution in [2.45, 2.75) is 0 Å². The number of anilines is 1. The van der Waals surface area contributed by atoms with E-state index in [4.69, 9.17) is 10.5 Å². The van der Waals surface area contributed by atoms with Gasteiger partial charge in [-0.1, -0.05) is 6.07 Å². The van der Waals surface area contributed by atoms with Crippen LogP contribution in [0.1, 0.15) is 10.4 Å². The summed E-state index contributed by atoms with van der Waals surface area (Å²) in [6.45, 7) is 0. The average Bonchev–Trinajstić information content (AvgIpc) is 2.39. The third kappa shape index (κ3) is 4.56. The number of nitrogens with two attached hydrogens (primary N) is 1. The number of rotatable bonds is 2. The lowest BCUT2D eigenvalue weighted by Crippen LogP contribution is -1.90. The first-order valence-corrected chi connectivity index (χ1v) is 4.98. The Kier molecular flexibility index (Phi) is 5.24. The summed E-state index contributed by atoms with van der Waals surface area (Å²) in [5.41, 5.74) is 5.63. The van der Waals surface area contributed by atoms with Crippen molar-refractivity contribution in [3.63, 3.8) is 0 Å². The second-order valence-electron chi connectivity index (χ2n) is 3.16. The fraction of sp³-hybridized carbons (Fsp3) is 0.0833. The zero-order valence-electron chi connectivity index (χ0n) is 9.71. The van der Waals surface area contributed by atoms with Crippen molar-refractivity contribution in [1.82, 2.24) is 9.97 Å². The molecule has 5 nitrogen and oxygen atoms in total. The Hall–Kier alpha value is -2.50. The molecule has 0 bridgehead atoms. The highest BCUT2D eigenvalue weighted by Crippen LogP contribution is 2.07. The number of ether oxygens (including phenoxy) is 1. The van der Waals surface area contributed by atoms with Crippen LogP contribution in [0, 0.1) is 5.95 Å². The molecule has 0 saturated heterocycles. The second-order valence-corrected chi connectivity index (χ2v) is 3.16. The third-order valence-corrected chi connectivity index (χ3v) is 1.84. The predicted molar refractivity (Wildman–Crippen MR) is 64.8 cm³/mol. The molecule has 6 heteroatoms. The Balaban J connectivity index is 0.000000184. The number of carbonyl (C=O) groups excluding carboxylic acids is 1. The van der Waals surface area contributed by atoms with Gasteiger partial charge in [0.15, 0.2) is 6.29 Å². The van der Waals surface area contributed by atoms with Gasteiger partial charge in [0.1, 0.15) is 11.6 Å². The van der Waals surface area contributed by atoms with Crippen LogP contribution in [0.5, 0.6) is 5.75 Å². The molecule has 0 fully saturated rings. The second kappa shape index (κ2) is 6.95. The molecule has 2 aromatic heterocycles. The molecule has 0 saturated carbocycles. The van der Waals surface area contributed by atoms with E-state index >= 15 is 0 Å². The first kappa shape index (κ1) is 13.6. The number of nitrogen functional groups attached to an aromatic ring is 1. The van der Waals surface area contributed by atoms with Crippen molar-refractivity contribution in [1.29, 1.82) is 0 Å². The molecule has 0 spiro atoms. The fourth-order valence-corrected chi connectivity index (χ4v) is 1.04. The number of nitrogens with zero attached hydrogens (tertiary/aromatic N) is 2. The molecule has 2 N–H and O–H groups in total. The molecule has 0 atom stereocenters. The zero-order valence-corrected chi connectivity index (χ0v) is 9.71. The standard InChI is InChI=1S/C7H7NO2.C5H5FN2/c1-10-7-2-6(5-9)3-8-4-7;6-4-2-1-3-5(7)8-4/h2-5H,1H3;1-3H,(H2,7,8). The number of hydrogen-bond acceptors (Lipinski definition) is 5. The number of halogens is 1. The smallest absolute Gasteiger partial charge is 0.214 e. The number of pyridine rings is 2. The minimum absolute atomic E-state index is 0.213. The maximum atomic E-state index is 12.0. The first-order valence-electron chi connectivity index (χ1n) is 4.98. The minimum atomic E-state index is -0.537. The summed E-state index contributed by atoms with van der Waals surface area (Å²) >= 11 is 0. The van der Waals surface area contributed by atoms with Crippen molar-refractivity contribution in [3.8, 4) is 5.75 Å². The molecule has 94 valence electrons. The van der Waals surface area contributed by atoms with Gasteiger partial charge in [-0.3, -0.25) is 9.78 Å². The van der Waals surface area contributed by atoms with E-state index in [0.717, 1.165) is 6.29 Å². The molecule has 0 aliphatic rings. The number of methoxy groups -OCH3 is 1. The maximum Gasteiger partial charge on any atom is 0.214 e. The SMILES string of the molecule is COc1cncc(C=O)c1.Nc1cccc(F)n1. The molecule has 0 amide bonds. The minimum Gasteiger partial charge on any atom is -0.495 e. The highest BCUT2D eigenvalue weighted by Gasteiger charge is 1.92. The van der Waals surface area contributed by atoms with Crippen molar-refractivity contribution in [3.05, 3.63) is 48.2 Å². The van der Waals surface area contributed by atoms with Crippen molar-refractivity contribution >= 4 is 12.1 Å². The van der Waals surface area contributed by atoms with E-state index in [9.17, 15) is 9.18 Å². The lowest BCUT2D eigenvalue weighted by Gasteiger charge is -1.96.